The third-order valence-electron chi connectivity index (χ3n) is 4.53. The lowest BCUT2D eigenvalue weighted by Crippen LogP contribution is -2.40. The number of likely N-dealkylation sites (tertiary alicyclic amines) is 1. The molecule has 0 spiro atoms. The first-order valence-corrected chi connectivity index (χ1v) is 10.4. The standard InChI is InChI=1S/C15H27NO3S2/c1-15(2,3)21(18,19)13-8-9-16(10-13)14(17)11-20-12-6-4-5-7-12/h12-13H,4-11H2,1-3H3/t13-/m1/s1. The molecule has 2 fully saturated rings. The van der Waals surface area contributed by atoms with Crippen LogP contribution in [-0.4, -0.2) is 53.3 Å². The molecule has 1 aliphatic carbocycles. The van der Waals surface area contributed by atoms with Crippen molar-refractivity contribution in [3.8, 4) is 0 Å². The molecule has 6 heteroatoms. The Bertz CT molecular complexity index is 476. The fourth-order valence-electron chi connectivity index (χ4n) is 3.04. The highest BCUT2D eigenvalue weighted by Crippen LogP contribution is 2.31. The molecule has 2 aliphatic rings. The predicted molar refractivity (Wildman–Crippen MR) is 88.4 cm³/mol. The maximum absolute atomic E-state index is 12.4. The third kappa shape index (κ3) is 3.95. The van der Waals surface area contributed by atoms with E-state index in [1.165, 1.54) is 25.7 Å². The van der Waals surface area contributed by atoms with Crippen LogP contribution in [0.3, 0.4) is 0 Å². The molecule has 4 nitrogen and oxygen atoms in total. The Morgan fingerprint density at radius 3 is 2.38 bits per heavy atom. The molecule has 0 radical (unpaired) electrons. The van der Waals surface area contributed by atoms with Gasteiger partial charge in [0.1, 0.15) is 0 Å². The summed E-state index contributed by atoms with van der Waals surface area (Å²) in [5.41, 5.74) is 0. The Balaban J connectivity index is 1.85. The van der Waals surface area contributed by atoms with Crippen LogP contribution in [0.1, 0.15) is 52.9 Å². The van der Waals surface area contributed by atoms with Crippen molar-refractivity contribution in [3.05, 3.63) is 0 Å². The van der Waals surface area contributed by atoms with Gasteiger partial charge in [0, 0.05) is 18.3 Å². The van der Waals surface area contributed by atoms with Gasteiger partial charge in [-0.2, -0.15) is 0 Å². The average Bonchev–Trinajstić information content (AvgIpc) is 3.06. The molecule has 21 heavy (non-hydrogen) atoms. The van der Waals surface area contributed by atoms with Crippen molar-refractivity contribution in [1.29, 1.82) is 0 Å². The van der Waals surface area contributed by atoms with E-state index in [9.17, 15) is 13.2 Å². The number of hydrogen-bond acceptors (Lipinski definition) is 4. The van der Waals surface area contributed by atoms with E-state index >= 15 is 0 Å². The second kappa shape index (κ2) is 6.49. The average molecular weight is 334 g/mol. The van der Waals surface area contributed by atoms with Gasteiger partial charge in [-0.15, -0.1) is 11.8 Å². The van der Waals surface area contributed by atoms with Crippen LogP contribution in [0.15, 0.2) is 0 Å². The van der Waals surface area contributed by atoms with Crippen LogP contribution in [0.5, 0.6) is 0 Å². The second-order valence-electron chi connectivity index (χ2n) is 7.13. The van der Waals surface area contributed by atoms with Gasteiger partial charge in [-0.25, -0.2) is 8.42 Å². The Labute approximate surface area is 133 Å². The van der Waals surface area contributed by atoms with Crippen LogP contribution in [0.25, 0.3) is 0 Å². The lowest BCUT2D eigenvalue weighted by molar-refractivity contribution is -0.127. The van der Waals surface area contributed by atoms with Crippen molar-refractivity contribution < 1.29 is 13.2 Å². The SMILES string of the molecule is CC(C)(C)S(=O)(=O)[C@@H]1CCN(C(=O)CSC2CCCC2)C1. The maximum atomic E-state index is 12.4. The van der Waals surface area contributed by atoms with Gasteiger partial charge in [0.2, 0.25) is 5.91 Å². The molecule has 1 atom stereocenters. The summed E-state index contributed by atoms with van der Waals surface area (Å²) in [6.07, 6.45) is 5.58. The van der Waals surface area contributed by atoms with Crippen molar-refractivity contribution in [2.24, 2.45) is 0 Å². The van der Waals surface area contributed by atoms with E-state index in [1.807, 2.05) is 0 Å². The largest absolute Gasteiger partial charge is 0.341 e. The molecule has 1 saturated heterocycles. The van der Waals surface area contributed by atoms with Crippen molar-refractivity contribution in [3.63, 3.8) is 0 Å². The van der Waals surface area contributed by atoms with Crippen LogP contribution in [0.4, 0.5) is 0 Å². The van der Waals surface area contributed by atoms with Gasteiger partial charge in [0.25, 0.3) is 0 Å². The van der Waals surface area contributed by atoms with Gasteiger partial charge in [0.05, 0.1) is 15.7 Å². The molecule has 0 aromatic rings. The number of thioether (sulfide) groups is 1. The zero-order valence-electron chi connectivity index (χ0n) is 13.3. The van der Waals surface area contributed by atoms with Gasteiger partial charge in [0.15, 0.2) is 9.84 Å². The van der Waals surface area contributed by atoms with E-state index in [4.69, 9.17) is 0 Å². The molecular weight excluding hydrogens is 306 g/mol. The Morgan fingerprint density at radius 2 is 1.81 bits per heavy atom. The first-order chi connectivity index (χ1) is 9.72. The minimum atomic E-state index is -3.17. The summed E-state index contributed by atoms with van der Waals surface area (Å²) >= 11 is 1.75. The molecular formula is C15H27NO3S2. The highest BCUT2D eigenvalue weighted by Gasteiger charge is 2.41. The smallest absolute Gasteiger partial charge is 0.232 e. The fourth-order valence-corrected chi connectivity index (χ4v) is 6.06. The summed E-state index contributed by atoms with van der Waals surface area (Å²) in [5, 5.41) is 0.239. The number of carbonyl (C=O) groups is 1. The number of carbonyl (C=O) groups excluding carboxylic acids is 1. The van der Waals surface area contributed by atoms with Crippen molar-refractivity contribution >= 4 is 27.5 Å². The van der Waals surface area contributed by atoms with Crippen LogP contribution in [0.2, 0.25) is 0 Å². The Morgan fingerprint density at radius 1 is 1.19 bits per heavy atom. The summed E-state index contributed by atoms with van der Waals surface area (Å²) in [4.78, 5) is 14.0. The van der Waals surface area contributed by atoms with Crippen LogP contribution < -0.4 is 0 Å². The van der Waals surface area contributed by atoms with Crippen LogP contribution >= 0.6 is 11.8 Å². The molecule has 1 saturated carbocycles. The summed E-state index contributed by atoms with van der Waals surface area (Å²) < 4.78 is 24.2. The monoisotopic (exact) mass is 333 g/mol. The topological polar surface area (TPSA) is 54.5 Å². The van der Waals surface area contributed by atoms with Crippen molar-refractivity contribution in [2.45, 2.75) is 68.1 Å². The minimum Gasteiger partial charge on any atom is -0.341 e. The van der Waals surface area contributed by atoms with Gasteiger partial charge >= 0.3 is 0 Å². The second-order valence-corrected chi connectivity index (χ2v) is 11.4. The molecule has 0 bridgehead atoms. The molecule has 2 rings (SSSR count). The van der Waals surface area contributed by atoms with E-state index in [-0.39, 0.29) is 5.91 Å². The first kappa shape index (κ1) is 17.1. The Kier molecular flexibility index (Phi) is 5.29. The van der Waals surface area contributed by atoms with Crippen LogP contribution in [-0.2, 0) is 14.6 Å². The lowest BCUT2D eigenvalue weighted by Gasteiger charge is -2.24. The molecule has 122 valence electrons. The lowest BCUT2D eigenvalue weighted by atomic mass is 10.3. The number of sulfone groups is 1. The summed E-state index contributed by atoms with van der Waals surface area (Å²) in [7, 11) is -3.17. The van der Waals surface area contributed by atoms with E-state index in [0.717, 1.165) is 0 Å². The van der Waals surface area contributed by atoms with Crippen molar-refractivity contribution in [1.82, 2.24) is 4.90 Å². The number of amides is 1. The van der Waals surface area contributed by atoms with E-state index in [1.54, 1.807) is 37.4 Å². The van der Waals surface area contributed by atoms with Gasteiger partial charge < -0.3 is 4.90 Å². The molecule has 0 N–H and O–H groups in total. The third-order valence-corrected chi connectivity index (χ3v) is 8.86. The number of hydrogen-bond donors (Lipinski definition) is 0. The highest BCUT2D eigenvalue weighted by molar-refractivity contribution is 8.00. The van der Waals surface area contributed by atoms with Gasteiger partial charge in [-0.3, -0.25) is 4.79 Å². The molecule has 0 aromatic carbocycles. The summed E-state index contributed by atoms with van der Waals surface area (Å²) in [5.74, 6) is 0.617. The maximum Gasteiger partial charge on any atom is 0.232 e. The Hall–Kier alpha value is -0.230. The number of rotatable bonds is 4. The summed E-state index contributed by atoms with van der Waals surface area (Å²) in [6.45, 7) is 6.18. The highest BCUT2D eigenvalue weighted by atomic mass is 32.2. The zero-order chi connectivity index (χ0) is 15.7. The molecule has 1 aliphatic heterocycles. The minimum absolute atomic E-state index is 0.110. The molecule has 1 amide bonds. The molecule has 0 aromatic heterocycles. The first-order valence-electron chi connectivity index (χ1n) is 7.84. The molecule has 0 unspecified atom stereocenters. The fraction of sp³-hybridized carbons (Fsp3) is 0.933. The van der Waals surface area contributed by atoms with E-state index in [0.29, 0.717) is 30.5 Å². The van der Waals surface area contributed by atoms with Crippen molar-refractivity contribution in [2.75, 3.05) is 18.8 Å². The summed E-state index contributed by atoms with van der Waals surface area (Å²) in [6, 6.07) is 0. The van der Waals surface area contributed by atoms with Crippen LogP contribution in [0, 0.1) is 0 Å². The zero-order valence-corrected chi connectivity index (χ0v) is 14.9. The number of nitrogens with zero attached hydrogens (tertiary/aromatic N) is 1. The normalized spacial score (nSPS) is 24.7. The van der Waals surface area contributed by atoms with Gasteiger partial charge in [-0.05, 0) is 40.0 Å². The van der Waals surface area contributed by atoms with E-state index in [2.05, 4.69) is 0 Å². The predicted octanol–water partition coefficient (Wildman–Crippen LogP) is 2.48. The van der Waals surface area contributed by atoms with Gasteiger partial charge in [-0.1, -0.05) is 12.8 Å². The quantitative estimate of drug-likeness (QED) is 0.793. The molecule has 1 heterocycles. The van der Waals surface area contributed by atoms with E-state index < -0.39 is 19.8 Å².